The molecule has 0 saturated heterocycles. The van der Waals surface area contributed by atoms with E-state index in [1.54, 1.807) is 0 Å². The zero-order valence-corrected chi connectivity index (χ0v) is 13.2. The lowest BCUT2D eigenvalue weighted by molar-refractivity contribution is -0.189. The third-order valence-corrected chi connectivity index (χ3v) is 2.94. The average molecular weight is 335 g/mol. The van der Waals surface area contributed by atoms with E-state index in [4.69, 9.17) is 9.57 Å². The van der Waals surface area contributed by atoms with Gasteiger partial charge in [0.05, 0.1) is 7.11 Å². The number of methoxy groups -OCH3 is 1. The van der Waals surface area contributed by atoms with Crippen molar-refractivity contribution in [2.45, 2.75) is 12.8 Å². The monoisotopic (exact) mass is 335 g/mol. The van der Waals surface area contributed by atoms with Gasteiger partial charge in [0.15, 0.2) is 6.29 Å². The van der Waals surface area contributed by atoms with Crippen molar-refractivity contribution in [1.29, 1.82) is 0 Å². The van der Waals surface area contributed by atoms with Crippen LogP contribution in [0.3, 0.4) is 0 Å². The third kappa shape index (κ3) is 5.24. The normalized spacial score (nSPS) is 10.7. The summed E-state index contributed by atoms with van der Waals surface area (Å²) in [5.41, 5.74) is 0.0123. The summed E-state index contributed by atoms with van der Waals surface area (Å²) in [6.45, 7) is 0. The molecule has 0 aliphatic heterocycles. The molecule has 0 radical (unpaired) electrons. The first kappa shape index (κ1) is 18.9. The summed E-state index contributed by atoms with van der Waals surface area (Å²) < 4.78 is 5.04. The Kier molecular flexibility index (Phi) is 7.15. The SMILES string of the molecule is COc1cc(O)ccc1/C=C(\C=O)C(=O)ON(C)C(=O)CCC=O. The molecule has 1 amide bonds. The predicted molar refractivity (Wildman–Crippen MR) is 82.9 cm³/mol. The Balaban J connectivity index is 2.92. The number of hydroxylamine groups is 2. The molecule has 0 fully saturated rings. The second-order valence-electron chi connectivity index (χ2n) is 4.62. The Bertz CT molecular complexity index is 666. The van der Waals surface area contributed by atoms with Crippen molar-refractivity contribution in [2.75, 3.05) is 14.2 Å². The van der Waals surface area contributed by atoms with Crippen LogP contribution < -0.4 is 4.74 Å². The van der Waals surface area contributed by atoms with Crippen molar-refractivity contribution >= 4 is 30.5 Å². The highest BCUT2D eigenvalue weighted by atomic mass is 16.7. The first-order valence-electron chi connectivity index (χ1n) is 6.89. The number of aldehydes is 2. The maximum Gasteiger partial charge on any atom is 0.366 e. The molecule has 0 heterocycles. The van der Waals surface area contributed by atoms with Crippen LogP contribution in [0.15, 0.2) is 23.8 Å². The molecule has 1 N–H and O–H groups in total. The molecule has 8 heteroatoms. The minimum absolute atomic E-state index is 0.00179. The maximum atomic E-state index is 12.0. The lowest BCUT2D eigenvalue weighted by Gasteiger charge is -2.15. The Labute approximate surface area is 138 Å². The summed E-state index contributed by atoms with van der Waals surface area (Å²) in [7, 11) is 2.57. The standard InChI is InChI=1S/C16H17NO7/c1-17(15(21)4-3-7-18)24-16(22)12(10-19)8-11-5-6-13(20)9-14(11)23-2/h5-10,20H,3-4H2,1-2H3/b12-8+. The summed E-state index contributed by atoms with van der Waals surface area (Å²) in [5, 5.41) is 10.1. The van der Waals surface area contributed by atoms with E-state index in [0.717, 1.165) is 0 Å². The molecular weight excluding hydrogens is 318 g/mol. The lowest BCUT2D eigenvalue weighted by Crippen LogP contribution is -2.30. The van der Waals surface area contributed by atoms with Gasteiger partial charge in [-0.05, 0) is 18.2 Å². The molecule has 1 aromatic rings. The Hall–Kier alpha value is -3.16. The van der Waals surface area contributed by atoms with E-state index in [1.807, 2.05) is 0 Å². The van der Waals surface area contributed by atoms with Gasteiger partial charge in [0.25, 0.3) is 5.91 Å². The topological polar surface area (TPSA) is 110 Å². The van der Waals surface area contributed by atoms with Gasteiger partial charge in [-0.25, -0.2) is 4.79 Å². The number of phenolic OH excluding ortho intramolecular Hbond substituents is 1. The molecule has 0 spiro atoms. The van der Waals surface area contributed by atoms with Crippen molar-refractivity contribution in [1.82, 2.24) is 5.06 Å². The van der Waals surface area contributed by atoms with E-state index in [-0.39, 0.29) is 36.2 Å². The number of amides is 1. The second-order valence-corrected chi connectivity index (χ2v) is 4.62. The summed E-state index contributed by atoms with van der Waals surface area (Å²) in [4.78, 5) is 49.7. The zero-order chi connectivity index (χ0) is 18.1. The van der Waals surface area contributed by atoms with Crippen LogP contribution in [0.25, 0.3) is 6.08 Å². The number of benzene rings is 1. The van der Waals surface area contributed by atoms with Gasteiger partial charge in [0, 0.05) is 31.5 Å². The van der Waals surface area contributed by atoms with Gasteiger partial charge in [0.2, 0.25) is 0 Å². The molecular formula is C16H17NO7. The summed E-state index contributed by atoms with van der Waals surface area (Å²) in [6.07, 6.45) is 1.94. The lowest BCUT2D eigenvalue weighted by atomic mass is 10.1. The van der Waals surface area contributed by atoms with Gasteiger partial charge in [-0.3, -0.25) is 9.59 Å². The summed E-state index contributed by atoms with van der Waals surface area (Å²) in [6, 6.07) is 4.12. The highest BCUT2D eigenvalue weighted by molar-refractivity contribution is 6.12. The molecule has 0 aromatic heterocycles. The largest absolute Gasteiger partial charge is 0.508 e. The van der Waals surface area contributed by atoms with Gasteiger partial charge >= 0.3 is 5.97 Å². The zero-order valence-electron chi connectivity index (χ0n) is 13.2. The molecule has 1 aromatic carbocycles. The summed E-state index contributed by atoms with van der Waals surface area (Å²) >= 11 is 0. The van der Waals surface area contributed by atoms with Crippen LogP contribution in [0.1, 0.15) is 18.4 Å². The number of ether oxygens (including phenoxy) is 1. The van der Waals surface area contributed by atoms with E-state index in [1.165, 1.54) is 38.4 Å². The molecule has 128 valence electrons. The van der Waals surface area contributed by atoms with Crippen molar-refractivity contribution in [2.24, 2.45) is 0 Å². The van der Waals surface area contributed by atoms with Gasteiger partial charge < -0.3 is 19.5 Å². The van der Waals surface area contributed by atoms with Crippen LogP contribution >= 0.6 is 0 Å². The van der Waals surface area contributed by atoms with Gasteiger partial charge in [-0.1, -0.05) is 0 Å². The van der Waals surface area contributed by atoms with Crippen LogP contribution in [0.5, 0.6) is 11.5 Å². The highest BCUT2D eigenvalue weighted by Crippen LogP contribution is 2.25. The molecule has 0 aliphatic carbocycles. The van der Waals surface area contributed by atoms with E-state index in [9.17, 15) is 24.3 Å². The molecule has 1 rings (SSSR count). The fraction of sp³-hybridized carbons (Fsp3) is 0.250. The number of rotatable bonds is 7. The Morgan fingerprint density at radius 2 is 2.00 bits per heavy atom. The molecule has 24 heavy (non-hydrogen) atoms. The van der Waals surface area contributed by atoms with Gasteiger partial charge in [-0.15, -0.1) is 0 Å². The third-order valence-electron chi connectivity index (χ3n) is 2.94. The maximum absolute atomic E-state index is 12.0. The Morgan fingerprint density at radius 3 is 2.58 bits per heavy atom. The van der Waals surface area contributed by atoms with Crippen molar-refractivity contribution < 1.29 is 33.9 Å². The van der Waals surface area contributed by atoms with Crippen LogP contribution in [0.2, 0.25) is 0 Å². The predicted octanol–water partition coefficient (Wildman–Crippen LogP) is 0.879. The second kappa shape index (κ2) is 9.09. The number of hydrogen-bond acceptors (Lipinski definition) is 7. The summed E-state index contributed by atoms with van der Waals surface area (Å²) in [5.74, 6) is -1.41. The molecule has 8 nitrogen and oxygen atoms in total. The fourth-order valence-corrected chi connectivity index (χ4v) is 1.70. The number of nitrogens with zero attached hydrogens (tertiary/aromatic N) is 1. The number of aromatic hydroxyl groups is 1. The first-order chi connectivity index (χ1) is 11.4. The van der Waals surface area contributed by atoms with Gasteiger partial charge in [-0.2, -0.15) is 5.06 Å². The van der Waals surface area contributed by atoms with Crippen LogP contribution in [0.4, 0.5) is 0 Å². The van der Waals surface area contributed by atoms with E-state index < -0.39 is 11.9 Å². The number of carbonyl (C=O) groups excluding carboxylic acids is 4. The minimum Gasteiger partial charge on any atom is -0.508 e. The first-order valence-corrected chi connectivity index (χ1v) is 6.89. The van der Waals surface area contributed by atoms with Crippen LogP contribution in [0, 0.1) is 0 Å². The smallest absolute Gasteiger partial charge is 0.366 e. The van der Waals surface area contributed by atoms with Gasteiger partial charge in [0.1, 0.15) is 23.4 Å². The quantitative estimate of drug-likeness (QED) is 0.259. The fourth-order valence-electron chi connectivity index (χ4n) is 1.70. The van der Waals surface area contributed by atoms with E-state index >= 15 is 0 Å². The average Bonchev–Trinajstić information content (AvgIpc) is 2.57. The van der Waals surface area contributed by atoms with Crippen LogP contribution in [-0.2, 0) is 24.0 Å². The van der Waals surface area contributed by atoms with Crippen molar-refractivity contribution in [3.63, 3.8) is 0 Å². The number of phenols is 1. The molecule has 0 bridgehead atoms. The molecule has 0 saturated carbocycles. The molecule has 0 unspecified atom stereocenters. The molecule has 0 aliphatic rings. The van der Waals surface area contributed by atoms with Crippen LogP contribution in [-0.4, -0.2) is 48.8 Å². The number of carbonyl (C=O) groups is 4. The van der Waals surface area contributed by atoms with E-state index in [2.05, 4.69) is 0 Å². The highest BCUT2D eigenvalue weighted by Gasteiger charge is 2.18. The Morgan fingerprint density at radius 1 is 1.29 bits per heavy atom. The van der Waals surface area contributed by atoms with Crippen molar-refractivity contribution in [3.05, 3.63) is 29.3 Å². The minimum atomic E-state index is -1.04. The van der Waals surface area contributed by atoms with E-state index in [0.29, 0.717) is 16.9 Å². The molecule has 0 atom stereocenters. The number of hydrogen-bond donors (Lipinski definition) is 1. The van der Waals surface area contributed by atoms with Crippen molar-refractivity contribution in [3.8, 4) is 11.5 Å².